The number of carbonyl (C=O) groups is 1. The zero-order chi connectivity index (χ0) is 20.6. The maximum absolute atomic E-state index is 13.2. The lowest BCUT2D eigenvalue weighted by Gasteiger charge is -2.28. The maximum Gasteiger partial charge on any atom is 0.272 e. The van der Waals surface area contributed by atoms with Gasteiger partial charge in [0, 0.05) is 48.7 Å². The maximum atomic E-state index is 13.2. The van der Waals surface area contributed by atoms with Crippen molar-refractivity contribution in [2.24, 2.45) is 0 Å². The highest BCUT2D eigenvalue weighted by atomic mass is 35.5. The molecule has 0 aliphatic carbocycles. The lowest BCUT2D eigenvalue weighted by atomic mass is 9.92. The molecule has 0 atom stereocenters. The van der Waals surface area contributed by atoms with E-state index in [1.165, 1.54) is 0 Å². The van der Waals surface area contributed by atoms with Crippen LogP contribution in [0.15, 0.2) is 30.3 Å². The number of halogens is 1. The van der Waals surface area contributed by atoms with Crippen LogP contribution >= 0.6 is 12.4 Å². The van der Waals surface area contributed by atoms with E-state index in [0.29, 0.717) is 30.4 Å². The first-order valence-corrected chi connectivity index (χ1v) is 10.1. The van der Waals surface area contributed by atoms with Crippen molar-refractivity contribution in [3.05, 3.63) is 47.3 Å². The average molecular weight is 429 g/mol. The highest BCUT2D eigenvalue weighted by Gasteiger charge is 2.24. The first-order valence-electron chi connectivity index (χ1n) is 10.1. The summed E-state index contributed by atoms with van der Waals surface area (Å²) in [4.78, 5) is 19.8. The molecule has 1 amide bonds. The van der Waals surface area contributed by atoms with Gasteiger partial charge in [-0.1, -0.05) is 45.0 Å². The van der Waals surface area contributed by atoms with Crippen LogP contribution in [0.1, 0.15) is 42.5 Å². The van der Waals surface area contributed by atoms with Crippen molar-refractivity contribution in [3.8, 4) is 0 Å². The van der Waals surface area contributed by atoms with Crippen molar-refractivity contribution in [1.82, 2.24) is 25.4 Å². The summed E-state index contributed by atoms with van der Waals surface area (Å²) in [5, 5.41) is 16.1. The number of pyridine rings is 1. The largest absolute Gasteiger partial charge is 0.335 e. The lowest BCUT2D eigenvalue weighted by Crippen LogP contribution is -2.46. The van der Waals surface area contributed by atoms with Crippen LogP contribution in [0.3, 0.4) is 0 Å². The molecule has 3 N–H and O–H groups in total. The summed E-state index contributed by atoms with van der Waals surface area (Å²) in [7, 11) is 0. The summed E-state index contributed by atoms with van der Waals surface area (Å²) in [5.41, 5.74) is 2.42. The third kappa shape index (κ3) is 4.27. The van der Waals surface area contributed by atoms with E-state index >= 15 is 0 Å². The smallest absolute Gasteiger partial charge is 0.272 e. The minimum absolute atomic E-state index is 0. The standard InChI is InChI=1S/C22H28N6O.ClH/c1-14-15-7-5-6-8-16(15)20(24-18-13-17(26-27-18)22(2,3)4)25-19(14)21(29)28-11-9-23-10-12-28;/h5-8,13,23H,9-12H2,1-4H3,(H2,24,25,26,27);1H. The molecular formula is C22H29ClN6O. The number of aromatic amines is 1. The highest BCUT2D eigenvalue weighted by Crippen LogP contribution is 2.30. The topological polar surface area (TPSA) is 85.9 Å². The average Bonchev–Trinajstić information content (AvgIpc) is 3.19. The molecule has 3 aromatic rings. The molecule has 160 valence electrons. The number of hydrogen-bond donors (Lipinski definition) is 3. The number of rotatable bonds is 3. The Balaban J connectivity index is 0.00000256. The van der Waals surface area contributed by atoms with E-state index in [9.17, 15) is 4.79 Å². The fraction of sp³-hybridized carbons (Fsp3) is 0.409. The van der Waals surface area contributed by atoms with Gasteiger partial charge in [-0.15, -0.1) is 12.4 Å². The van der Waals surface area contributed by atoms with Crippen molar-refractivity contribution >= 4 is 40.7 Å². The molecule has 0 radical (unpaired) electrons. The van der Waals surface area contributed by atoms with E-state index in [4.69, 9.17) is 4.98 Å². The lowest BCUT2D eigenvalue weighted by molar-refractivity contribution is 0.0729. The van der Waals surface area contributed by atoms with Gasteiger partial charge >= 0.3 is 0 Å². The van der Waals surface area contributed by atoms with Crippen LogP contribution in [0, 0.1) is 6.92 Å². The van der Waals surface area contributed by atoms with Gasteiger partial charge in [0.25, 0.3) is 5.91 Å². The number of benzene rings is 1. The van der Waals surface area contributed by atoms with Gasteiger partial charge in [0.15, 0.2) is 5.82 Å². The molecular weight excluding hydrogens is 400 g/mol. The molecule has 4 rings (SSSR count). The molecule has 0 bridgehead atoms. The van der Waals surface area contributed by atoms with Crippen molar-refractivity contribution in [1.29, 1.82) is 0 Å². The summed E-state index contributed by atoms with van der Waals surface area (Å²) in [5.74, 6) is 1.32. The number of hydrogen-bond acceptors (Lipinski definition) is 5. The number of nitrogens with zero attached hydrogens (tertiary/aromatic N) is 3. The van der Waals surface area contributed by atoms with Crippen molar-refractivity contribution < 1.29 is 4.79 Å². The fourth-order valence-electron chi connectivity index (χ4n) is 3.61. The summed E-state index contributed by atoms with van der Waals surface area (Å²) in [6, 6.07) is 10.0. The minimum atomic E-state index is -0.0286. The molecule has 8 heteroatoms. The summed E-state index contributed by atoms with van der Waals surface area (Å²) >= 11 is 0. The number of H-pyrrole nitrogens is 1. The predicted octanol–water partition coefficient (Wildman–Crippen LogP) is 3.77. The number of fused-ring (bicyclic) bond motifs is 1. The molecule has 1 aromatic carbocycles. The van der Waals surface area contributed by atoms with Crippen LogP contribution in [0.2, 0.25) is 0 Å². The Morgan fingerprint density at radius 1 is 1.13 bits per heavy atom. The summed E-state index contributed by atoms with van der Waals surface area (Å²) < 4.78 is 0. The van der Waals surface area contributed by atoms with Gasteiger partial charge in [0.1, 0.15) is 11.5 Å². The van der Waals surface area contributed by atoms with Gasteiger partial charge in [0.2, 0.25) is 0 Å². The second-order valence-corrected chi connectivity index (χ2v) is 8.56. The molecule has 1 aliphatic rings. The Labute approximate surface area is 183 Å². The van der Waals surface area contributed by atoms with Crippen LogP contribution in [-0.4, -0.2) is 52.2 Å². The first-order chi connectivity index (χ1) is 13.8. The molecule has 2 aromatic heterocycles. The zero-order valence-corrected chi connectivity index (χ0v) is 18.7. The monoisotopic (exact) mass is 428 g/mol. The SMILES string of the molecule is Cc1c(C(=O)N2CCNCC2)nc(Nc2cc(C(C)(C)C)[nH]n2)c2ccccc12.Cl. The number of carbonyl (C=O) groups excluding carboxylic acids is 1. The Morgan fingerprint density at radius 2 is 1.80 bits per heavy atom. The third-order valence-corrected chi connectivity index (χ3v) is 5.40. The molecule has 1 fully saturated rings. The van der Waals surface area contributed by atoms with Crippen LogP contribution < -0.4 is 10.6 Å². The molecule has 1 saturated heterocycles. The molecule has 3 heterocycles. The number of aromatic nitrogens is 3. The van der Waals surface area contributed by atoms with E-state index in [2.05, 4.69) is 41.6 Å². The quantitative estimate of drug-likeness (QED) is 0.591. The Kier molecular flexibility index (Phi) is 6.33. The van der Waals surface area contributed by atoms with Crippen molar-refractivity contribution in [3.63, 3.8) is 0 Å². The molecule has 0 saturated carbocycles. The van der Waals surface area contributed by atoms with Crippen LogP contribution in [0.5, 0.6) is 0 Å². The molecule has 7 nitrogen and oxygen atoms in total. The van der Waals surface area contributed by atoms with E-state index in [1.807, 2.05) is 42.2 Å². The summed E-state index contributed by atoms with van der Waals surface area (Å²) in [6.07, 6.45) is 0. The number of piperazine rings is 1. The molecule has 0 unspecified atom stereocenters. The first kappa shape index (κ1) is 22.1. The minimum Gasteiger partial charge on any atom is -0.335 e. The molecule has 0 spiro atoms. The Hall–Kier alpha value is -2.64. The van der Waals surface area contributed by atoms with Gasteiger partial charge in [-0.2, -0.15) is 5.10 Å². The number of aryl methyl sites for hydroxylation is 1. The van der Waals surface area contributed by atoms with Gasteiger partial charge in [-0.25, -0.2) is 4.98 Å². The number of amides is 1. The van der Waals surface area contributed by atoms with E-state index < -0.39 is 0 Å². The Morgan fingerprint density at radius 3 is 2.43 bits per heavy atom. The van der Waals surface area contributed by atoms with Crippen LogP contribution in [0.4, 0.5) is 11.6 Å². The molecule has 30 heavy (non-hydrogen) atoms. The van der Waals surface area contributed by atoms with E-state index in [0.717, 1.165) is 35.1 Å². The van der Waals surface area contributed by atoms with Crippen molar-refractivity contribution in [2.45, 2.75) is 33.1 Å². The molecule has 1 aliphatic heterocycles. The van der Waals surface area contributed by atoms with E-state index in [-0.39, 0.29) is 23.7 Å². The second kappa shape index (κ2) is 8.62. The Bertz CT molecular complexity index is 1050. The summed E-state index contributed by atoms with van der Waals surface area (Å²) in [6.45, 7) is 11.4. The second-order valence-electron chi connectivity index (χ2n) is 8.56. The van der Waals surface area contributed by atoms with E-state index in [1.54, 1.807) is 0 Å². The van der Waals surface area contributed by atoms with Gasteiger partial charge < -0.3 is 15.5 Å². The van der Waals surface area contributed by atoms with Crippen LogP contribution in [0.25, 0.3) is 10.8 Å². The normalized spacial score (nSPS) is 14.5. The van der Waals surface area contributed by atoms with Gasteiger partial charge in [0.05, 0.1) is 0 Å². The zero-order valence-electron chi connectivity index (χ0n) is 17.9. The van der Waals surface area contributed by atoms with Crippen LogP contribution in [-0.2, 0) is 5.41 Å². The van der Waals surface area contributed by atoms with Gasteiger partial charge in [-0.05, 0) is 17.9 Å². The number of anilines is 2. The third-order valence-electron chi connectivity index (χ3n) is 5.40. The predicted molar refractivity (Wildman–Crippen MR) is 123 cm³/mol. The van der Waals surface area contributed by atoms with Crippen molar-refractivity contribution in [2.75, 3.05) is 31.5 Å². The number of nitrogens with one attached hydrogen (secondary N) is 3. The van der Waals surface area contributed by atoms with Gasteiger partial charge in [-0.3, -0.25) is 9.89 Å². The fourth-order valence-corrected chi connectivity index (χ4v) is 3.61. The highest BCUT2D eigenvalue weighted by molar-refractivity contribution is 6.03.